The van der Waals surface area contributed by atoms with Crippen LogP contribution in [0.25, 0.3) is 0 Å². The van der Waals surface area contributed by atoms with Crippen molar-refractivity contribution in [2.75, 3.05) is 0 Å². The quantitative estimate of drug-likeness (QED) is 0.343. The number of nitrogens with zero attached hydrogens (tertiary/aromatic N) is 1. The highest BCUT2D eigenvalue weighted by molar-refractivity contribution is 5.82. The van der Waals surface area contributed by atoms with E-state index in [0.717, 1.165) is 12.1 Å². The SMILES string of the molecule is CCC(=O)ON=C(C)CC. The van der Waals surface area contributed by atoms with E-state index in [1.54, 1.807) is 6.92 Å². The summed E-state index contributed by atoms with van der Waals surface area (Å²) in [6.07, 6.45) is 1.19. The molecule has 0 aromatic rings. The predicted molar refractivity (Wildman–Crippen MR) is 39.8 cm³/mol. The molecule has 0 radical (unpaired) electrons. The standard InChI is InChI=1S/C7H13NO2/c1-4-6(3)8-10-7(9)5-2/h4-5H2,1-3H3. The molecule has 58 valence electrons. The summed E-state index contributed by atoms with van der Waals surface area (Å²) in [7, 11) is 0. The second-order valence-electron chi connectivity index (χ2n) is 2.00. The lowest BCUT2D eigenvalue weighted by Gasteiger charge is -1.94. The minimum absolute atomic E-state index is 0.284. The Balaban J connectivity index is 3.61. The van der Waals surface area contributed by atoms with Crippen LogP contribution in [0.1, 0.15) is 33.6 Å². The maximum atomic E-state index is 10.5. The Bertz CT molecular complexity index is 141. The Kier molecular flexibility index (Phi) is 4.54. The number of carbonyl (C=O) groups is 1. The van der Waals surface area contributed by atoms with E-state index in [-0.39, 0.29) is 5.97 Å². The van der Waals surface area contributed by atoms with Crippen LogP contribution in [0.3, 0.4) is 0 Å². The van der Waals surface area contributed by atoms with Crippen LogP contribution in [0.2, 0.25) is 0 Å². The maximum Gasteiger partial charge on any atom is 0.334 e. The second kappa shape index (κ2) is 4.97. The molecular formula is C7H13NO2. The Morgan fingerprint density at radius 3 is 2.40 bits per heavy atom. The molecule has 0 heterocycles. The zero-order valence-corrected chi connectivity index (χ0v) is 6.68. The van der Waals surface area contributed by atoms with E-state index >= 15 is 0 Å². The first kappa shape index (κ1) is 9.14. The summed E-state index contributed by atoms with van der Waals surface area (Å²) in [5.41, 5.74) is 0.835. The molecule has 0 bridgehead atoms. The molecule has 3 heteroatoms. The van der Waals surface area contributed by atoms with Crippen LogP contribution >= 0.6 is 0 Å². The van der Waals surface area contributed by atoms with E-state index in [4.69, 9.17) is 0 Å². The van der Waals surface area contributed by atoms with Crippen molar-refractivity contribution in [2.45, 2.75) is 33.6 Å². The zero-order valence-electron chi connectivity index (χ0n) is 6.68. The number of hydrogen-bond donors (Lipinski definition) is 0. The van der Waals surface area contributed by atoms with Crippen LogP contribution in [-0.2, 0) is 9.63 Å². The highest BCUT2D eigenvalue weighted by atomic mass is 16.7. The average molecular weight is 143 g/mol. The summed E-state index contributed by atoms with van der Waals surface area (Å²) in [6.45, 7) is 5.51. The van der Waals surface area contributed by atoms with Crippen LogP contribution in [0.4, 0.5) is 0 Å². The van der Waals surface area contributed by atoms with Gasteiger partial charge in [-0.05, 0) is 13.3 Å². The molecule has 0 atom stereocenters. The van der Waals surface area contributed by atoms with Crippen LogP contribution in [0, 0.1) is 0 Å². The summed E-state index contributed by atoms with van der Waals surface area (Å²) < 4.78 is 0. The van der Waals surface area contributed by atoms with Gasteiger partial charge in [-0.25, -0.2) is 4.79 Å². The Labute approximate surface area is 61.1 Å². The summed E-state index contributed by atoms with van der Waals surface area (Å²) >= 11 is 0. The summed E-state index contributed by atoms with van der Waals surface area (Å²) in [4.78, 5) is 15.0. The molecule has 0 N–H and O–H groups in total. The van der Waals surface area contributed by atoms with E-state index < -0.39 is 0 Å². The van der Waals surface area contributed by atoms with Crippen LogP contribution < -0.4 is 0 Å². The van der Waals surface area contributed by atoms with Gasteiger partial charge < -0.3 is 4.84 Å². The van der Waals surface area contributed by atoms with Crippen LogP contribution in [-0.4, -0.2) is 11.7 Å². The van der Waals surface area contributed by atoms with Gasteiger partial charge in [-0.3, -0.25) is 0 Å². The van der Waals surface area contributed by atoms with Gasteiger partial charge in [0, 0.05) is 6.42 Å². The van der Waals surface area contributed by atoms with Crippen molar-refractivity contribution < 1.29 is 9.63 Å². The second-order valence-corrected chi connectivity index (χ2v) is 2.00. The predicted octanol–water partition coefficient (Wildman–Crippen LogP) is 1.73. The fourth-order valence-electron chi connectivity index (χ4n) is 0.258. The van der Waals surface area contributed by atoms with Crippen molar-refractivity contribution >= 4 is 11.7 Å². The first-order valence-electron chi connectivity index (χ1n) is 3.44. The minimum Gasteiger partial charge on any atom is -0.318 e. The molecular weight excluding hydrogens is 130 g/mol. The maximum absolute atomic E-state index is 10.5. The van der Waals surface area contributed by atoms with Gasteiger partial charge in [-0.15, -0.1) is 0 Å². The third-order valence-corrected chi connectivity index (χ3v) is 1.10. The molecule has 0 amide bonds. The van der Waals surface area contributed by atoms with Crippen LogP contribution in [0.5, 0.6) is 0 Å². The van der Waals surface area contributed by atoms with Gasteiger partial charge in [0.2, 0.25) is 0 Å². The molecule has 0 aliphatic heterocycles. The summed E-state index contributed by atoms with van der Waals surface area (Å²) in [6, 6.07) is 0. The van der Waals surface area contributed by atoms with Crippen molar-refractivity contribution in [1.82, 2.24) is 0 Å². The lowest BCUT2D eigenvalue weighted by Crippen LogP contribution is -1.99. The van der Waals surface area contributed by atoms with Crippen molar-refractivity contribution in [3.05, 3.63) is 0 Å². The first-order valence-corrected chi connectivity index (χ1v) is 3.44. The lowest BCUT2D eigenvalue weighted by atomic mass is 10.3. The number of rotatable bonds is 3. The zero-order chi connectivity index (χ0) is 7.98. The number of hydrogen-bond acceptors (Lipinski definition) is 3. The van der Waals surface area contributed by atoms with E-state index in [1.165, 1.54) is 0 Å². The van der Waals surface area contributed by atoms with E-state index in [9.17, 15) is 4.79 Å². The molecule has 0 aromatic carbocycles. The lowest BCUT2D eigenvalue weighted by molar-refractivity contribution is -0.143. The molecule has 0 saturated heterocycles. The molecule has 3 nitrogen and oxygen atoms in total. The van der Waals surface area contributed by atoms with Gasteiger partial charge in [0.05, 0.1) is 5.71 Å². The summed E-state index contributed by atoms with van der Waals surface area (Å²) in [5.74, 6) is -0.284. The molecule has 0 aliphatic rings. The van der Waals surface area contributed by atoms with Crippen molar-refractivity contribution in [3.63, 3.8) is 0 Å². The first-order chi connectivity index (χ1) is 4.70. The third-order valence-electron chi connectivity index (χ3n) is 1.10. The third kappa shape index (κ3) is 4.06. The van der Waals surface area contributed by atoms with Gasteiger partial charge in [0.1, 0.15) is 0 Å². The average Bonchev–Trinajstić information content (AvgIpc) is 1.99. The number of oxime groups is 1. The Morgan fingerprint density at radius 2 is 2.00 bits per heavy atom. The largest absolute Gasteiger partial charge is 0.334 e. The van der Waals surface area contributed by atoms with E-state index in [0.29, 0.717) is 6.42 Å². The minimum atomic E-state index is -0.284. The molecule has 0 spiro atoms. The van der Waals surface area contributed by atoms with Gasteiger partial charge in [0.25, 0.3) is 0 Å². The Morgan fingerprint density at radius 1 is 1.40 bits per heavy atom. The fourth-order valence-corrected chi connectivity index (χ4v) is 0.258. The van der Waals surface area contributed by atoms with E-state index in [2.05, 4.69) is 9.99 Å². The fraction of sp³-hybridized carbons (Fsp3) is 0.714. The van der Waals surface area contributed by atoms with E-state index in [1.807, 2.05) is 13.8 Å². The van der Waals surface area contributed by atoms with Gasteiger partial charge in [-0.2, -0.15) is 0 Å². The molecule has 0 aliphatic carbocycles. The van der Waals surface area contributed by atoms with Gasteiger partial charge in [0.15, 0.2) is 0 Å². The highest BCUT2D eigenvalue weighted by Gasteiger charge is 1.95. The topological polar surface area (TPSA) is 38.7 Å². The molecule has 0 saturated carbocycles. The highest BCUT2D eigenvalue weighted by Crippen LogP contribution is 1.89. The van der Waals surface area contributed by atoms with Gasteiger partial charge in [-0.1, -0.05) is 19.0 Å². The Hall–Kier alpha value is -0.860. The number of carbonyl (C=O) groups excluding carboxylic acids is 1. The van der Waals surface area contributed by atoms with Crippen LogP contribution in [0.15, 0.2) is 5.16 Å². The van der Waals surface area contributed by atoms with Gasteiger partial charge >= 0.3 is 5.97 Å². The van der Waals surface area contributed by atoms with Crippen molar-refractivity contribution in [3.8, 4) is 0 Å². The summed E-state index contributed by atoms with van der Waals surface area (Å²) in [5, 5.41) is 3.58. The molecule has 0 unspecified atom stereocenters. The molecule has 0 fully saturated rings. The smallest absolute Gasteiger partial charge is 0.318 e. The van der Waals surface area contributed by atoms with Crippen molar-refractivity contribution in [2.24, 2.45) is 5.16 Å². The molecule has 0 aromatic heterocycles. The molecule has 10 heavy (non-hydrogen) atoms. The normalized spacial score (nSPS) is 11.3. The van der Waals surface area contributed by atoms with Crippen molar-refractivity contribution in [1.29, 1.82) is 0 Å². The monoisotopic (exact) mass is 143 g/mol. The molecule has 0 rings (SSSR count).